The van der Waals surface area contributed by atoms with E-state index in [0.29, 0.717) is 17.0 Å². The summed E-state index contributed by atoms with van der Waals surface area (Å²) in [5.41, 5.74) is 5.13. The number of aromatic amines is 1. The molecule has 0 radical (unpaired) electrons. The van der Waals surface area contributed by atoms with Gasteiger partial charge in [-0.05, 0) is 54.3 Å². The van der Waals surface area contributed by atoms with Crippen LogP contribution in [0.25, 0.3) is 10.9 Å². The van der Waals surface area contributed by atoms with Crippen molar-refractivity contribution in [2.24, 2.45) is 0 Å². The third-order valence-corrected chi connectivity index (χ3v) is 5.62. The molecule has 7 nitrogen and oxygen atoms in total. The number of carbonyl (C=O) groups is 2. The number of carbonyl (C=O) groups excluding carboxylic acids is 2. The number of amides is 2. The smallest absolute Gasteiger partial charge is 0.253 e. The van der Waals surface area contributed by atoms with E-state index < -0.39 is 0 Å². The monoisotopic (exact) mass is 461 g/mol. The van der Waals surface area contributed by atoms with Gasteiger partial charge in [-0.1, -0.05) is 35.9 Å². The van der Waals surface area contributed by atoms with Crippen LogP contribution < -0.4 is 10.6 Å². The highest BCUT2D eigenvalue weighted by molar-refractivity contribution is 6.31. The number of aromatic nitrogens is 3. The number of benzene rings is 2. The zero-order chi connectivity index (χ0) is 23.4. The van der Waals surface area contributed by atoms with Crippen molar-refractivity contribution in [1.29, 1.82) is 0 Å². The average Bonchev–Trinajstić information content (AvgIpc) is 3.19. The topological polar surface area (TPSA) is 99.8 Å². The minimum Gasteiger partial charge on any atom is -0.350 e. The summed E-state index contributed by atoms with van der Waals surface area (Å²) in [5, 5.41) is 14.5. The average molecular weight is 462 g/mol. The molecule has 4 aromatic rings. The van der Waals surface area contributed by atoms with Gasteiger partial charge in [0.25, 0.3) is 5.91 Å². The van der Waals surface area contributed by atoms with Gasteiger partial charge in [0.15, 0.2) is 0 Å². The first-order valence-electron chi connectivity index (χ1n) is 10.6. The third-order valence-electron chi connectivity index (χ3n) is 5.39. The molecule has 3 N–H and O–H groups in total. The molecule has 0 saturated carbocycles. The van der Waals surface area contributed by atoms with Gasteiger partial charge in [0.05, 0.1) is 29.4 Å². The van der Waals surface area contributed by atoms with Gasteiger partial charge in [-0.2, -0.15) is 5.10 Å². The van der Waals surface area contributed by atoms with E-state index in [2.05, 4.69) is 25.8 Å². The molecule has 2 amide bonds. The Bertz CT molecular complexity index is 1300. The molecule has 0 aliphatic rings. The van der Waals surface area contributed by atoms with E-state index in [9.17, 15) is 9.59 Å². The molecule has 2 aromatic heterocycles. The van der Waals surface area contributed by atoms with E-state index in [-0.39, 0.29) is 24.4 Å². The Hall–Kier alpha value is -3.71. The highest BCUT2D eigenvalue weighted by atomic mass is 35.5. The molecule has 0 fully saturated rings. The Morgan fingerprint density at radius 2 is 1.85 bits per heavy atom. The van der Waals surface area contributed by atoms with Crippen molar-refractivity contribution in [2.75, 3.05) is 0 Å². The van der Waals surface area contributed by atoms with Crippen LogP contribution in [0.5, 0.6) is 0 Å². The summed E-state index contributed by atoms with van der Waals surface area (Å²) in [4.78, 5) is 28.2. The summed E-state index contributed by atoms with van der Waals surface area (Å²) in [6.07, 6.45) is 3.95. The summed E-state index contributed by atoms with van der Waals surface area (Å²) in [6.45, 7) is 3.73. The Morgan fingerprint density at radius 1 is 1.06 bits per heavy atom. The predicted molar refractivity (Wildman–Crippen MR) is 128 cm³/mol. The van der Waals surface area contributed by atoms with Crippen LogP contribution in [0.15, 0.2) is 60.9 Å². The number of halogens is 1. The highest BCUT2D eigenvalue weighted by Gasteiger charge is 2.11. The first-order valence-corrected chi connectivity index (χ1v) is 11.0. The standard InChI is InChI=1S/C25H24ClN5O2/c1-15(29-16(2)32)19-5-3-17(4-6-19)9-18-10-20(13-27-12-18)25(33)28-14-24-22-11-21(26)7-8-23(22)30-31-24/h3-8,10-13,15H,9,14H2,1-2H3,(H,28,33)(H,29,32)(H,30,31). The maximum Gasteiger partial charge on any atom is 0.253 e. The molecule has 0 aliphatic heterocycles. The minimum atomic E-state index is -0.220. The second kappa shape index (κ2) is 9.83. The first-order chi connectivity index (χ1) is 15.9. The lowest BCUT2D eigenvalue weighted by atomic mass is 10.0. The van der Waals surface area contributed by atoms with Gasteiger partial charge in [0, 0.05) is 29.7 Å². The van der Waals surface area contributed by atoms with Gasteiger partial charge >= 0.3 is 0 Å². The van der Waals surface area contributed by atoms with Gasteiger partial charge in [0.1, 0.15) is 0 Å². The molecule has 0 spiro atoms. The number of nitrogens with zero attached hydrogens (tertiary/aromatic N) is 2. The third kappa shape index (κ3) is 5.56. The van der Waals surface area contributed by atoms with E-state index in [1.165, 1.54) is 6.92 Å². The van der Waals surface area contributed by atoms with Gasteiger partial charge in [-0.15, -0.1) is 0 Å². The van der Waals surface area contributed by atoms with Crippen LogP contribution in [0.4, 0.5) is 0 Å². The largest absolute Gasteiger partial charge is 0.350 e. The van der Waals surface area contributed by atoms with E-state index in [0.717, 1.165) is 33.3 Å². The van der Waals surface area contributed by atoms with Crippen molar-refractivity contribution in [2.45, 2.75) is 32.9 Å². The lowest BCUT2D eigenvalue weighted by molar-refractivity contribution is -0.119. The Kier molecular flexibility index (Phi) is 6.70. The van der Waals surface area contributed by atoms with Crippen molar-refractivity contribution in [1.82, 2.24) is 25.8 Å². The summed E-state index contributed by atoms with van der Waals surface area (Å²) >= 11 is 6.08. The van der Waals surface area contributed by atoms with Gasteiger partial charge in [-0.3, -0.25) is 19.7 Å². The quantitative estimate of drug-likeness (QED) is 0.381. The van der Waals surface area contributed by atoms with Crippen LogP contribution in [0.3, 0.4) is 0 Å². The molecule has 0 aliphatic carbocycles. The van der Waals surface area contributed by atoms with Crippen LogP contribution in [-0.2, 0) is 17.8 Å². The molecule has 1 atom stereocenters. The van der Waals surface area contributed by atoms with E-state index in [1.54, 1.807) is 18.5 Å². The summed E-state index contributed by atoms with van der Waals surface area (Å²) in [5.74, 6) is -0.279. The SMILES string of the molecule is CC(=O)NC(C)c1ccc(Cc2cncc(C(=O)NCc3n[nH]c4ccc(Cl)cc34)c2)cc1. The zero-order valence-corrected chi connectivity index (χ0v) is 19.1. The molecule has 1 unspecified atom stereocenters. The summed E-state index contributed by atoms with van der Waals surface area (Å²) < 4.78 is 0. The van der Waals surface area contributed by atoms with Crippen molar-refractivity contribution in [3.63, 3.8) is 0 Å². The number of nitrogens with one attached hydrogen (secondary N) is 3. The van der Waals surface area contributed by atoms with Crippen molar-refractivity contribution < 1.29 is 9.59 Å². The molecule has 0 bridgehead atoms. The maximum atomic E-state index is 12.7. The highest BCUT2D eigenvalue weighted by Crippen LogP contribution is 2.21. The molecule has 2 heterocycles. The number of pyridine rings is 1. The first kappa shape index (κ1) is 22.5. The molecule has 33 heavy (non-hydrogen) atoms. The van der Waals surface area contributed by atoms with Crippen LogP contribution in [0, 0.1) is 0 Å². The number of H-pyrrole nitrogens is 1. The van der Waals surface area contributed by atoms with Gasteiger partial charge in [0.2, 0.25) is 5.91 Å². The second-order valence-electron chi connectivity index (χ2n) is 7.97. The second-order valence-corrected chi connectivity index (χ2v) is 8.40. The van der Waals surface area contributed by atoms with Crippen molar-refractivity contribution >= 4 is 34.3 Å². The molecular weight excluding hydrogens is 438 g/mol. The Morgan fingerprint density at radius 3 is 2.61 bits per heavy atom. The molecule has 4 rings (SSSR count). The Balaban J connectivity index is 1.40. The van der Waals surface area contributed by atoms with Crippen molar-refractivity contribution in [3.8, 4) is 0 Å². The van der Waals surface area contributed by atoms with E-state index >= 15 is 0 Å². The van der Waals surface area contributed by atoms with Crippen LogP contribution >= 0.6 is 11.6 Å². The maximum absolute atomic E-state index is 12.7. The van der Waals surface area contributed by atoms with Crippen molar-refractivity contribution in [3.05, 3.63) is 93.9 Å². The molecule has 8 heteroatoms. The van der Waals surface area contributed by atoms with E-state index in [1.807, 2.05) is 49.4 Å². The fourth-order valence-electron chi connectivity index (χ4n) is 3.70. The summed E-state index contributed by atoms with van der Waals surface area (Å²) in [6, 6.07) is 15.3. The Labute approximate surface area is 196 Å². The molecular formula is C25H24ClN5O2. The zero-order valence-electron chi connectivity index (χ0n) is 18.4. The number of rotatable bonds is 7. The molecule has 0 saturated heterocycles. The number of hydrogen-bond donors (Lipinski definition) is 3. The fraction of sp³-hybridized carbons (Fsp3) is 0.200. The van der Waals surface area contributed by atoms with Gasteiger partial charge in [-0.25, -0.2) is 0 Å². The van der Waals surface area contributed by atoms with E-state index in [4.69, 9.17) is 11.6 Å². The lowest BCUT2D eigenvalue weighted by Gasteiger charge is -2.13. The van der Waals surface area contributed by atoms with Crippen LogP contribution in [0.1, 0.15) is 52.6 Å². The molecule has 168 valence electrons. The fourth-order valence-corrected chi connectivity index (χ4v) is 3.87. The number of fused-ring (bicyclic) bond motifs is 1. The number of hydrogen-bond acceptors (Lipinski definition) is 4. The minimum absolute atomic E-state index is 0.0482. The lowest BCUT2D eigenvalue weighted by Crippen LogP contribution is -2.23. The predicted octanol–water partition coefficient (Wildman–Crippen LogP) is 4.33. The summed E-state index contributed by atoms with van der Waals surface area (Å²) in [7, 11) is 0. The molecule has 2 aromatic carbocycles. The van der Waals surface area contributed by atoms with Crippen LogP contribution in [-0.4, -0.2) is 27.0 Å². The van der Waals surface area contributed by atoms with Gasteiger partial charge < -0.3 is 10.6 Å². The van der Waals surface area contributed by atoms with Crippen LogP contribution in [0.2, 0.25) is 5.02 Å². The normalized spacial score (nSPS) is 11.8.